The number of ether oxygens (including phenoxy) is 1. The van der Waals surface area contributed by atoms with E-state index in [1.54, 1.807) is 7.11 Å². The van der Waals surface area contributed by atoms with Crippen LogP contribution in [0.5, 0.6) is 5.75 Å². The molecule has 0 saturated carbocycles. The SMILES string of the molecule is COc1ccc(CCC(O)c2cccc(Br)c2Cl)cc1. The number of aryl methyl sites for hydroxylation is 1. The van der Waals surface area contributed by atoms with Gasteiger partial charge in [-0.2, -0.15) is 0 Å². The third-order valence-electron chi connectivity index (χ3n) is 3.21. The topological polar surface area (TPSA) is 29.5 Å². The minimum absolute atomic E-state index is 0.567. The highest BCUT2D eigenvalue weighted by molar-refractivity contribution is 9.10. The van der Waals surface area contributed by atoms with E-state index in [1.165, 1.54) is 0 Å². The van der Waals surface area contributed by atoms with Gasteiger partial charge >= 0.3 is 0 Å². The highest BCUT2D eigenvalue weighted by atomic mass is 79.9. The number of hydrogen-bond acceptors (Lipinski definition) is 2. The summed E-state index contributed by atoms with van der Waals surface area (Å²) in [6.07, 6.45) is 0.846. The highest BCUT2D eigenvalue weighted by Crippen LogP contribution is 2.32. The van der Waals surface area contributed by atoms with Crippen LogP contribution < -0.4 is 4.74 Å². The fraction of sp³-hybridized carbons (Fsp3) is 0.250. The predicted octanol–water partition coefficient (Wildman–Crippen LogP) is 4.78. The molecule has 0 amide bonds. The van der Waals surface area contributed by atoms with Crippen molar-refractivity contribution in [2.45, 2.75) is 18.9 Å². The molecular formula is C16H16BrClO2. The Bertz CT molecular complexity index is 569. The van der Waals surface area contributed by atoms with Crippen LogP contribution in [-0.4, -0.2) is 12.2 Å². The maximum absolute atomic E-state index is 10.3. The molecule has 0 bridgehead atoms. The minimum Gasteiger partial charge on any atom is -0.497 e. The summed E-state index contributed by atoms with van der Waals surface area (Å²) in [6.45, 7) is 0. The molecule has 1 N–H and O–H groups in total. The third-order valence-corrected chi connectivity index (χ3v) is 4.52. The predicted molar refractivity (Wildman–Crippen MR) is 85.4 cm³/mol. The van der Waals surface area contributed by atoms with Gasteiger partial charge in [0.05, 0.1) is 18.2 Å². The number of hydrogen-bond donors (Lipinski definition) is 1. The molecule has 2 rings (SSSR count). The molecule has 0 aliphatic carbocycles. The van der Waals surface area contributed by atoms with Crippen LogP contribution in [-0.2, 0) is 6.42 Å². The van der Waals surface area contributed by atoms with Crippen molar-refractivity contribution in [3.05, 3.63) is 63.1 Å². The summed E-state index contributed by atoms with van der Waals surface area (Å²) in [7, 11) is 1.65. The zero-order valence-corrected chi connectivity index (χ0v) is 13.5. The molecule has 0 spiro atoms. The molecule has 4 heteroatoms. The Labute approximate surface area is 132 Å². The fourth-order valence-corrected chi connectivity index (χ4v) is 2.66. The summed E-state index contributed by atoms with van der Waals surface area (Å²) in [5.41, 5.74) is 1.92. The third kappa shape index (κ3) is 3.75. The van der Waals surface area contributed by atoms with E-state index in [0.717, 1.165) is 27.8 Å². The van der Waals surface area contributed by atoms with Crippen LogP contribution in [0.3, 0.4) is 0 Å². The zero-order chi connectivity index (χ0) is 14.5. The number of benzene rings is 2. The summed E-state index contributed by atoms with van der Waals surface area (Å²) in [4.78, 5) is 0. The van der Waals surface area contributed by atoms with Crippen molar-refractivity contribution in [1.82, 2.24) is 0 Å². The van der Waals surface area contributed by atoms with Crippen LogP contribution in [0.1, 0.15) is 23.7 Å². The Hall–Kier alpha value is -1.03. The largest absolute Gasteiger partial charge is 0.497 e. The molecule has 2 aromatic rings. The van der Waals surface area contributed by atoms with E-state index in [2.05, 4.69) is 15.9 Å². The first-order chi connectivity index (χ1) is 9.61. The molecule has 0 saturated heterocycles. The van der Waals surface area contributed by atoms with Gasteiger partial charge in [-0.05, 0) is 52.5 Å². The lowest BCUT2D eigenvalue weighted by molar-refractivity contribution is 0.168. The molecule has 20 heavy (non-hydrogen) atoms. The van der Waals surface area contributed by atoms with Crippen molar-refractivity contribution in [2.75, 3.05) is 7.11 Å². The molecule has 0 aliphatic rings. The molecule has 1 atom stereocenters. The first kappa shape index (κ1) is 15.4. The Balaban J connectivity index is 2.00. The standard InChI is InChI=1S/C16H16BrClO2/c1-20-12-8-5-11(6-9-12)7-10-15(19)13-3-2-4-14(17)16(13)18/h2-6,8-9,15,19H,7,10H2,1H3. The Kier molecular flexibility index (Phi) is 5.46. The van der Waals surface area contributed by atoms with Crippen molar-refractivity contribution in [1.29, 1.82) is 0 Å². The van der Waals surface area contributed by atoms with E-state index in [-0.39, 0.29) is 0 Å². The molecule has 0 heterocycles. The molecule has 106 valence electrons. The Morgan fingerprint density at radius 1 is 1.20 bits per heavy atom. The van der Waals surface area contributed by atoms with Crippen LogP contribution in [0.2, 0.25) is 5.02 Å². The van der Waals surface area contributed by atoms with Crippen LogP contribution in [0.15, 0.2) is 46.9 Å². The highest BCUT2D eigenvalue weighted by Gasteiger charge is 2.13. The van der Waals surface area contributed by atoms with Crippen LogP contribution in [0.4, 0.5) is 0 Å². The lowest BCUT2D eigenvalue weighted by Gasteiger charge is -2.13. The first-order valence-corrected chi connectivity index (χ1v) is 7.54. The normalized spacial score (nSPS) is 12.2. The average molecular weight is 356 g/mol. The van der Waals surface area contributed by atoms with Crippen LogP contribution >= 0.6 is 27.5 Å². The van der Waals surface area contributed by atoms with Gasteiger partial charge in [-0.3, -0.25) is 0 Å². The number of halogens is 2. The van der Waals surface area contributed by atoms with E-state index >= 15 is 0 Å². The summed E-state index contributed by atoms with van der Waals surface area (Å²) < 4.78 is 5.93. The quantitative estimate of drug-likeness (QED) is 0.836. The average Bonchev–Trinajstić information content (AvgIpc) is 2.48. The maximum atomic E-state index is 10.3. The molecule has 0 fully saturated rings. The number of rotatable bonds is 5. The second-order valence-corrected chi connectivity index (χ2v) is 5.78. The summed E-state index contributed by atoms with van der Waals surface area (Å²) in [6, 6.07) is 13.5. The van der Waals surface area contributed by atoms with Crippen LogP contribution in [0, 0.1) is 0 Å². The number of methoxy groups -OCH3 is 1. The molecule has 0 radical (unpaired) electrons. The van der Waals surface area contributed by atoms with E-state index in [1.807, 2.05) is 42.5 Å². The van der Waals surface area contributed by atoms with E-state index in [4.69, 9.17) is 16.3 Å². The molecule has 0 aliphatic heterocycles. The zero-order valence-electron chi connectivity index (χ0n) is 11.1. The van der Waals surface area contributed by atoms with E-state index in [9.17, 15) is 5.11 Å². The molecule has 0 aromatic heterocycles. The van der Waals surface area contributed by atoms with Gasteiger partial charge < -0.3 is 9.84 Å². The number of aliphatic hydroxyl groups is 1. The maximum Gasteiger partial charge on any atom is 0.118 e. The van der Waals surface area contributed by atoms with Crippen molar-refractivity contribution in [3.63, 3.8) is 0 Å². The smallest absolute Gasteiger partial charge is 0.118 e. The van der Waals surface area contributed by atoms with Crippen molar-refractivity contribution < 1.29 is 9.84 Å². The van der Waals surface area contributed by atoms with Gasteiger partial charge in [-0.15, -0.1) is 0 Å². The Morgan fingerprint density at radius 2 is 1.90 bits per heavy atom. The Morgan fingerprint density at radius 3 is 2.55 bits per heavy atom. The molecular weight excluding hydrogens is 340 g/mol. The lowest BCUT2D eigenvalue weighted by atomic mass is 10.0. The van der Waals surface area contributed by atoms with Gasteiger partial charge in [-0.1, -0.05) is 35.9 Å². The van der Waals surface area contributed by atoms with E-state index in [0.29, 0.717) is 11.4 Å². The van der Waals surface area contributed by atoms with Crippen molar-refractivity contribution in [3.8, 4) is 5.75 Å². The molecule has 2 aromatic carbocycles. The van der Waals surface area contributed by atoms with Crippen molar-refractivity contribution >= 4 is 27.5 Å². The summed E-state index contributed by atoms with van der Waals surface area (Å²) in [5, 5.41) is 10.8. The second-order valence-electron chi connectivity index (χ2n) is 4.55. The monoisotopic (exact) mass is 354 g/mol. The van der Waals surface area contributed by atoms with Gasteiger partial charge in [-0.25, -0.2) is 0 Å². The van der Waals surface area contributed by atoms with Crippen molar-refractivity contribution in [2.24, 2.45) is 0 Å². The van der Waals surface area contributed by atoms with Gasteiger partial charge in [0, 0.05) is 10.0 Å². The van der Waals surface area contributed by atoms with Gasteiger partial charge in [0.25, 0.3) is 0 Å². The first-order valence-electron chi connectivity index (χ1n) is 6.36. The summed E-state index contributed by atoms with van der Waals surface area (Å²) >= 11 is 9.56. The minimum atomic E-state index is -0.567. The van der Waals surface area contributed by atoms with Crippen LogP contribution in [0.25, 0.3) is 0 Å². The van der Waals surface area contributed by atoms with Gasteiger partial charge in [0.2, 0.25) is 0 Å². The fourth-order valence-electron chi connectivity index (χ4n) is 2.03. The molecule has 1 unspecified atom stereocenters. The second kappa shape index (κ2) is 7.11. The van der Waals surface area contributed by atoms with E-state index < -0.39 is 6.10 Å². The van der Waals surface area contributed by atoms with Gasteiger partial charge in [0.1, 0.15) is 5.75 Å². The molecule has 2 nitrogen and oxygen atoms in total. The van der Waals surface area contributed by atoms with Gasteiger partial charge in [0.15, 0.2) is 0 Å². The summed E-state index contributed by atoms with van der Waals surface area (Å²) in [5.74, 6) is 0.837. The lowest BCUT2D eigenvalue weighted by Crippen LogP contribution is -2.01. The number of aliphatic hydroxyl groups excluding tert-OH is 1.